The maximum atomic E-state index is 16.1. The summed E-state index contributed by atoms with van der Waals surface area (Å²) in [6, 6.07) is 6.93. The fraction of sp³-hybridized carbons (Fsp3) is 0.417. The minimum absolute atomic E-state index is 0.0115. The SMILES string of the molecule is Cc1ccc(C#N)cc1-c1cc(C)c(F)c([C@H](CC(=O)O)[N+]2(O)C=C3C=C(C(F)(F)F)C(CCN4CCC4)=CN3C(CC(C)C)C2=O)c1. The Morgan fingerprint density at radius 2 is 1.85 bits per heavy atom. The molecule has 1 fully saturated rings. The summed E-state index contributed by atoms with van der Waals surface area (Å²) in [5.41, 5.74) is 0.815. The molecule has 5 rings (SSSR count). The van der Waals surface area contributed by atoms with Gasteiger partial charge in [-0.05, 0) is 110 Å². The number of amides is 1. The zero-order valence-electron chi connectivity index (χ0n) is 27.3. The van der Waals surface area contributed by atoms with E-state index in [2.05, 4.69) is 6.07 Å². The van der Waals surface area contributed by atoms with E-state index < -0.39 is 52.6 Å². The molecule has 12 heteroatoms. The number of allylic oxidation sites excluding steroid dienone is 2. The van der Waals surface area contributed by atoms with Crippen LogP contribution in [0.15, 0.2) is 65.7 Å². The van der Waals surface area contributed by atoms with Crippen LogP contribution in [0, 0.1) is 36.9 Å². The number of likely N-dealkylation sites (tertiary alicyclic amines) is 1. The Labute approximate surface area is 277 Å². The maximum absolute atomic E-state index is 16.1. The van der Waals surface area contributed by atoms with Gasteiger partial charge in [0, 0.05) is 12.7 Å². The topological polar surface area (TPSA) is 105 Å². The highest BCUT2D eigenvalue weighted by Crippen LogP contribution is 2.45. The van der Waals surface area contributed by atoms with Gasteiger partial charge in [-0.15, -0.1) is 0 Å². The largest absolute Gasteiger partial charge is 0.481 e. The van der Waals surface area contributed by atoms with E-state index in [0.717, 1.165) is 37.3 Å². The summed E-state index contributed by atoms with van der Waals surface area (Å²) >= 11 is 0. The number of quaternary nitrogens is 1. The van der Waals surface area contributed by atoms with Crippen molar-refractivity contribution in [1.82, 2.24) is 9.80 Å². The van der Waals surface area contributed by atoms with Gasteiger partial charge < -0.3 is 14.9 Å². The third kappa shape index (κ3) is 6.81. The zero-order valence-corrected chi connectivity index (χ0v) is 27.3. The number of aryl methyl sites for hydroxylation is 2. The molecule has 0 bridgehead atoms. The third-order valence-electron chi connectivity index (χ3n) is 9.34. The van der Waals surface area contributed by atoms with Gasteiger partial charge in [0.15, 0.2) is 18.3 Å². The second-order valence-electron chi connectivity index (χ2n) is 13.3. The number of carbonyl (C=O) groups is 2. The summed E-state index contributed by atoms with van der Waals surface area (Å²) in [6.07, 6.45) is -1.33. The van der Waals surface area contributed by atoms with Crippen LogP contribution in [0.25, 0.3) is 11.1 Å². The smallest absolute Gasteiger partial charge is 0.416 e. The third-order valence-corrected chi connectivity index (χ3v) is 9.34. The van der Waals surface area contributed by atoms with Gasteiger partial charge >= 0.3 is 18.1 Å². The number of halogens is 4. The van der Waals surface area contributed by atoms with Gasteiger partial charge in [0.2, 0.25) is 0 Å². The molecule has 3 heterocycles. The summed E-state index contributed by atoms with van der Waals surface area (Å²) in [7, 11) is 0. The number of alkyl halides is 3. The van der Waals surface area contributed by atoms with Gasteiger partial charge in [-0.25, -0.2) is 14.4 Å². The van der Waals surface area contributed by atoms with Gasteiger partial charge in [0.05, 0.1) is 28.5 Å². The van der Waals surface area contributed by atoms with Crippen LogP contribution in [-0.4, -0.2) is 68.5 Å². The molecule has 1 amide bonds. The van der Waals surface area contributed by atoms with E-state index in [1.807, 2.05) is 18.7 Å². The molecule has 2 aromatic carbocycles. The van der Waals surface area contributed by atoms with Crippen LogP contribution >= 0.6 is 0 Å². The van der Waals surface area contributed by atoms with Crippen molar-refractivity contribution in [2.45, 2.75) is 71.6 Å². The normalized spacial score (nSPS) is 21.9. The molecule has 8 nitrogen and oxygen atoms in total. The quantitative estimate of drug-likeness (QED) is 0.156. The molecule has 3 atom stereocenters. The van der Waals surface area contributed by atoms with Gasteiger partial charge in [0.25, 0.3) is 0 Å². The predicted octanol–water partition coefficient (Wildman–Crippen LogP) is 7.28. The molecule has 3 aliphatic rings. The van der Waals surface area contributed by atoms with Crippen molar-refractivity contribution in [3.8, 4) is 17.2 Å². The van der Waals surface area contributed by atoms with Gasteiger partial charge in [-0.3, -0.25) is 4.79 Å². The standard InChI is InChI=1S/C36H38F4N4O4/c1-21(2)12-31-35(47)44(48,20-27-16-30(36(38,39)40)25(19-43(27)31)8-11-42-9-5-10-42)32(17-33(45)46)29-15-26(13-23(4)34(29)37)28-14-24(18-41)7-6-22(28)3/h6-7,13-16,19-21,31-32,48H,5,8-12,17H2,1-4H3/p+1/t31?,32-,44?/m0/s1. The lowest BCUT2D eigenvalue weighted by Gasteiger charge is -2.44. The number of benzene rings is 2. The molecule has 0 spiro atoms. The van der Waals surface area contributed by atoms with E-state index in [4.69, 9.17) is 0 Å². The molecule has 0 aliphatic carbocycles. The number of nitriles is 1. The first kappa shape index (κ1) is 35.0. The van der Waals surface area contributed by atoms with Crippen LogP contribution < -0.4 is 0 Å². The van der Waals surface area contributed by atoms with Gasteiger partial charge in [0.1, 0.15) is 12.2 Å². The molecule has 2 N–H and O–H groups in total. The number of fused-ring (bicyclic) bond motifs is 1. The number of hydrogen-bond donors (Lipinski definition) is 2. The zero-order chi connectivity index (χ0) is 35.1. The highest BCUT2D eigenvalue weighted by molar-refractivity contribution is 5.79. The molecule has 0 saturated carbocycles. The Balaban J connectivity index is 1.69. The van der Waals surface area contributed by atoms with Crippen LogP contribution in [0.4, 0.5) is 17.6 Å². The van der Waals surface area contributed by atoms with E-state index >= 15 is 4.39 Å². The van der Waals surface area contributed by atoms with Crippen LogP contribution in [0.5, 0.6) is 0 Å². The monoisotopic (exact) mass is 667 g/mol. The van der Waals surface area contributed by atoms with E-state index in [1.165, 1.54) is 30.2 Å². The number of hydroxylamine groups is 3. The van der Waals surface area contributed by atoms with Crippen molar-refractivity contribution in [2.24, 2.45) is 5.92 Å². The fourth-order valence-electron chi connectivity index (χ4n) is 6.70. The molecule has 254 valence electrons. The summed E-state index contributed by atoms with van der Waals surface area (Å²) < 4.78 is 57.8. The van der Waals surface area contributed by atoms with Crippen LogP contribution in [0.3, 0.4) is 0 Å². The summed E-state index contributed by atoms with van der Waals surface area (Å²) in [4.78, 5) is 30.2. The molecule has 2 aromatic rings. The molecule has 0 aromatic heterocycles. The Bertz CT molecular complexity index is 1770. The Hall–Kier alpha value is -4.31. The number of nitrogens with zero attached hydrogens (tertiary/aromatic N) is 4. The summed E-state index contributed by atoms with van der Waals surface area (Å²) in [5.74, 6) is -3.34. The minimum atomic E-state index is -4.75. The van der Waals surface area contributed by atoms with Crippen molar-refractivity contribution in [1.29, 1.82) is 5.26 Å². The van der Waals surface area contributed by atoms with Gasteiger partial charge in [-0.1, -0.05) is 24.6 Å². The molecular weight excluding hydrogens is 628 g/mol. The highest BCUT2D eigenvalue weighted by atomic mass is 19.4. The number of carbonyl (C=O) groups excluding carboxylic acids is 1. The number of carboxylic acids is 1. The molecule has 3 aliphatic heterocycles. The number of aliphatic carboxylic acids is 1. The van der Waals surface area contributed by atoms with E-state index in [9.17, 15) is 38.3 Å². The lowest BCUT2D eigenvalue weighted by molar-refractivity contribution is -1.03. The van der Waals surface area contributed by atoms with Crippen molar-refractivity contribution < 1.29 is 42.1 Å². The second kappa shape index (κ2) is 13.3. The molecule has 1 saturated heterocycles. The minimum Gasteiger partial charge on any atom is -0.481 e. The second-order valence-corrected chi connectivity index (χ2v) is 13.3. The predicted molar refractivity (Wildman–Crippen MR) is 169 cm³/mol. The lowest BCUT2D eigenvalue weighted by atomic mass is 9.89. The molecule has 2 unspecified atom stereocenters. The van der Waals surface area contributed by atoms with Gasteiger partial charge in [-0.2, -0.15) is 18.4 Å². The Morgan fingerprint density at radius 3 is 2.44 bits per heavy atom. The first-order valence-corrected chi connectivity index (χ1v) is 16.0. The van der Waals surface area contributed by atoms with Crippen LogP contribution in [-0.2, 0) is 9.59 Å². The summed E-state index contributed by atoms with van der Waals surface area (Å²) in [5, 5.41) is 31.7. The number of hydrogen-bond acceptors (Lipinski definition) is 6. The highest BCUT2D eigenvalue weighted by Gasteiger charge is 2.55. The lowest BCUT2D eigenvalue weighted by Crippen LogP contribution is -2.61. The van der Waals surface area contributed by atoms with E-state index in [1.54, 1.807) is 25.1 Å². The van der Waals surface area contributed by atoms with E-state index in [0.29, 0.717) is 23.2 Å². The van der Waals surface area contributed by atoms with Crippen LogP contribution in [0.1, 0.15) is 67.8 Å². The van der Waals surface area contributed by atoms with Crippen molar-refractivity contribution in [2.75, 3.05) is 19.6 Å². The molecule has 48 heavy (non-hydrogen) atoms. The Morgan fingerprint density at radius 1 is 1.15 bits per heavy atom. The fourth-order valence-corrected chi connectivity index (χ4v) is 6.70. The van der Waals surface area contributed by atoms with Crippen molar-refractivity contribution >= 4 is 11.9 Å². The maximum Gasteiger partial charge on any atom is 0.416 e. The molecular formula is C36H39F4N4O4+. The summed E-state index contributed by atoms with van der Waals surface area (Å²) in [6.45, 7) is 8.91. The average molecular weight is 668 g/mol. The van der Waals surface area contributed by atoms with Crippen molar-refractivity contribution in [3.63, 3.8) is 0 Å². The van der Waals surface area contributed by atoms with E-state index in [-0.39, 0.29) is 41.2 Å². The number of carboxylic acid groups (broad SMARTS) is 1. The van der Waals surface area contributed by atoms with Crippen LogP contribution in [0.2, 0.25) is 0 Å². The first-order chi connectivity index (χ1) is 22.5. The van der Waals surface area contributed by atoms with Crippen molar-refractivity contribution in [3.05, 3.63) is 93.7 Å². The Kier molecular flexibility index (Phi) is 9.70. The first-order valence-electron chi connectivity index (χ1n) is 16.0. The molecule has 0 radical (unpaired) electrons. The number of rotatable bonds is 10. The average Bonchev–Trinajstić information content (AvgIpc) is 2.98.